The van der Waals surface area contributed by atoms with Crippen LogP contribution in [0.2, 0.25) is 0 Å². The van der Waals surface area contributed by atoms with E-state index in [0.717, 1.165) is 29.2 Å². The van der Waals surface area contributed by atoms with E-state index < -0.39 is 5.97 Å². The highest BCUT2D eigenvalue weighted by molar-refractivity contribution is 7.09. The van der Waals surface area contributed by atoms with Crippen molar-refractivity contribution in [1.82, 2.24) is 0 Å². The first-order valence-electron chi connectivity index (χ1n) is 11.4. The maximum Gasteiger partial charge on any atom is 0.338 e. The molecule has 0 N–H and O–H groups in total. The molecule has 5 rings (SSSR count). The quantitative estimate of drug-likeness (QED) is 0.453. The van der Waals surface area contributed by atoms with Crippen LogP contribution in [0.4, 0.5) is 11.4 Å². The summed E-state index contributed by atoms with van der Waals surface area (Å²) in [5.41, 5.74) is 3.02. The minimum absolute atomic E-state index is 0.332. The highest BCUT2D eigenvalue weighted by atomic mass is 32.1. The zero-order valence-corrected chi connectivity index (χ0v) is 20.1. The van der Waals surface area contributed by atoms with Crippen LogP contribution in [0.15, 0.2) is 65.1 Å². The van der Waals surface area contributed by atoms with Crippen molar-refractivity contribution in [3.05, 3.63) is 70.4 Å². The number of hydrazone groups is 1. The van der Waals surface area contributed by atoms with Crippen molar-refractivity contribution in [2.24, 2.45) is 5.10 Å². The highest BCUT2D eigenvalue weighted by Crippen LogP contribution is 2.34. The minimum atomic E-state index is -0.552. The van der Waals surface area contributed by atoms with E-state index in [4.69, 9.17) is 14.2 Å². The predicted octanol–water partition coefficient (Wildman–Crippen LogP) is 4.50. The molecule has 0 spiro atoms. The molecular weight excluding hydrogens is 466 g/mol. The molecule has 0 aliphatic carbocycles. The fraction of sp³-hybridized carbons (Fsp3) is 0.269. The number of benzene rings is 2. The van der Waals surface area contributed by atoms with Crippen LogP contribution < -0.4 is 19.4 Å². The first-order valence-corrected chi connectivity index (χ1v) is 12.3. The summed E-state index contributed by atoms with van der Waals surface area (Å²) >= 11 is 1.55. The molecule has 0 bridgehead atoms. The molecule has 3 aromatic rings. The molecule has 2 aromatic carbocycles. The average Bonchev–Trinajstić information content (AvgIpc) is 3.57. The van der Waals surface area contributed by atoms with Gasteiger partial charge in [0.25, 0.3) is 5.91 Å². The summed E-state index contributed by atoms with van der Waals surface area (Å²) in [6.45, 7) is 3.75. The first-order chi connectivity index (χ1) is 17.1. The van der Waals surface area contributed by atoms with Gasteiger partial charge in [0, 0.05) is 35.3 Å². The normalized spacial score (nSPS) is 14.4. The minimum Gasteiger partial charge on any atom is -0.486 e. The van der Waals surface area contributed by atoms with Crippen molar-refractivity contribution in [1.29, 1.82) is 0 Å². The Bertz CT molecular complexity index is 1240. The van der Waals surface area contributed by atoms with E-state index in [-0.39, 0.29) is 12.5 Å². The van der Waals surface area contributed by atoms with Crippen molar-refractivity contribution < 1.29 is 23.8 Å². The summed E-state index contributed by atoms with van der Waals surface area (Å²) in [6.07, 6.45) is 0.928. The standard InChI is InChI=1S/C26H25N3O5S/c1-18-10-11-29(27-18)20-6-4-19(5-7-20)26(31)34-17-25(30)28(16-22-3-2-14-35-22)21-8-9-23-24(15-21)33-13-12-32-23/h2-9,14-15H,10-13,16-17H2,1H3. The molecule has 180 valence electrons. The number of rotatable bonds is 7. The Hall–Kier alpha value is -3.85. The van der Waals surface area contributed by atoms with Crippen molar-refractivity contribution in [2.75, 3.05) is 36.3 Å². The molecule has 0 atom stereocenters. The maximum absolute atomic E-state index is 13.2. The molecule has 1 amide bonds. The number of nitrogens with zero attached hydrogens (tertiary/aromatic N) is 3. The summed E-state index contributed by atoms with van der Waals surface area (Å²) in [5.74, 6) is 0.353. The van der Waals surface area contributed by atoms with Gasteiger partial charge in [-0.1, -0.05) is 6.07 Å². The third-order valence-corrected chi connectivity index (χ3v) is 6.60. The molecule has 0 saturated heterocycles. The van der Waals surface area contributed by atoms with Crippen LogP contribution >= 0.6 is 11.3 Å². The second-order valence-corrected chi connectivity index (χ2v) is 9.25. The summed E-state index contributed by atoms with van der Waals surface area (Å²) in [4.78, 5) is 28.4. The Morgan fingerprint density at radius 3 is 2.60 bits per heavy atom. The highest BCUT2D eigenvalue weighted by Gasteiger charge is 2.22. The first kappa shape index (κ1) is 22.9. The monoisotopic (exact) mass is 491 g/mol. The van der Waals surface area contributed by atoms with E-state index in [2.05, 4.69) is 5.10 Å². The maximum atomic E-state index is 13.2. The Labute approximate surface area is 207 Å². The smallest absolute Gasteiger partial charge is 0.338 e. The molecule has 0 unspecified atom stereocenters. The lowest BCUT2D eigenvalue weighted by molar-refractivity contribution is -0.121. The molecule has 0 radical (unpaired) electrons. The van der Waals surface area contributed by atoms with Crippen LogP contribution in [0.25, 0.3) is 0 Å². The van der Waals surface area contributed by atoms with Gasteiger partial charge < -0.3 is 19.1 Å². The van der Waals surface area contributed by atoms with E-state index in [1.165, 1.54) is 0 Å². The van der Waals surface area contributed by atoms with Crippen LogP contribution in [0, 0.1) is 0 Å². The van der Waals surface area contributed by atoms with Crippen molar-refractivity contribution in [3.8, 4) is 11.5 Å². The second-order valence-electron chi connectivity index (χ2n) is 8.22. The summed E-state index contributed by atoms with van der Waals surface area (Å²) in [7, 11) is 0. The van der Waals surface area contributed by atoms with Gasteiger partial charge in [-0.25, -0.2) is 4.79 Å². The van der Waals surface area contributed by atoms with Crippen molar-refractivity contribution >= 4 is 40.3 Å². The van der Waals surface area contributed by atoms with Crippen LogP contribution in [0.3, 0.4) is 0 Å². The predicted molar refractivity (Wildman–Crippen MR) is 135 cm³/mol. The van der Waals surface area contributed by atoms with E-state index in [9.17, 15) is 9.59 Å². The molecule has 0 fully saturated rings. The Balaban J connectivity index is 1.27. The molecular formula is C26H25N3O5S. The van der Waals surface area contributed by atoms with Gasteiger partial charge in [0.2, 0.25) is 0 Å². The Kier molecular flexibility index (Phi) is 6.67. The number of fused-ring (bicyclic) bond motifs is 1. The number of anilines is 2. The van der Waals surface area contributed by atoms with Crippen LogP contribution in [0.5, 0.6) is 11.5 Å². The number of hydrogen-bond acceptors (Lipinski definition) is 8. The van der Waals surface area contributed by atoms with Gasteiger partial charge >= 0.3 is 5.97 Å². The van der Waals surface area contributed by atoms with Crippen LogP contribution in [-0.4, -0.2) is 44.0 Å². The SMILES string of the molecule is CC1=NN(c2ccc(C(=O)OCC(=O)N(Cc3cccs3)c3ccc4c(c3)OCCO4)cc2)CC1. The fourth-order valence-corrected chi connectivity index (χ4v) is 4.59. The summed E-state index contributed by atoms with van der Waals surface area (Å²) in [6, 6.07) is 16.3. The lowest BCUT2D eigenvalue weighted by atomic mass is 10.2. The molecule has 1 aromatic heterocycles. The number of hydrogen-bond donors (Lipinski definition) is 0. The third-order valence-electron chi connectivity index (χ3n) is 5.74. The zero-order chi connectivity index (χ0) is 24.2. The molecule has 0 saturated carbocycles. The van der Waals surface area contributed by atoms with Crippen molar-refractivity contribution in [3.63, 3.8) is 0 Å². The molecule has 2 aliphatic heterocycles. The number of carbonyl (C=O) groups is 2. The van der Waals surface area contributed by atoms with Gasteiger partial charge in [0.15, 0.2) is 18.1 Å². The second kappa shape index (κ2) is 10.2. The lowest BCUT2D eigenvalue weighted by Gasteiger charge is -2.25. The average molecular weight is 492 g/mol. The van der Waals surface area contributed by atoms with Gasteiger partial charge in [-0.15, -0.1) is 11.3 Å². The largest absolute Gasteiger partial charge is 0.486 e. The molecule has 35 heavy (non-hydrogen) atoms. The van der Waals surface area contributed by atoms with Crippen LogP contribution in [0.1, 0.15) is 28.6 Å². The van der Waals surface area contributed by atoms with Gasteiger partial charge in [0.05, 0.1) is 17.8 Å². The third kappa shape index (κ3) is 5.30. The van der Waals surface area contributed by atoms with E-state index in [1.807, 2.05) is 47.6 Å². The van der Waals surface area contributed by atoms with E-state index in [0.29, 0.717) is 42.5 Å². The number of amides is 1. The number of carbonyl (C=O) groups excluding carboxylic acids is 2. The fourth-order valence-electron chi connectivity index (χ4n) is 3.90. The van der Waals surface area contributed by atoms with Gasteiger partial charge in [-0.2, -0.15) is 5.10 Å². The van der Waals surface area contributed by atoms with Crippen LogP contribution in [-0.2, 0) is 16.1 Å². The lowest BCUT2D eigenvalue weighted by Crippen LogP contribution is -2.34. The number of esters is 1. The number of ether oxygens (including phenoxy) is 3. The van der Waals surface area contributed by atoms with Gasteiger partial charge in [-0.3, -0.25) is 9.80 Å². The van der Waals surface area contributed by atoms with Crippen molar-refractivity contribution in [2.45, 2.75) is 19.9 Å². The summed E-state index contributed by atoms with van der Waals surface area (Å²) in [5, 5.41) is 8.33. The summed E-state index contributed by atoms with van der Waals surface area (Å²) < 4.78 is 16.7. The van der Waals surface area contributed by atoms with E-state index >= 15 is 0 Å². The molecule has 3 heterocycles. The van der Waals surface area contributed by atoms with Gasteiger partial charge in [0.1, 0.15) is 13.2 Å². The Morgan fingerprint density at radius 2 is 1.89 bits per heavy atom. The zero-order valence-electron chi connectivity index (χ0n) is 19.3. The Morgan fingerprint density at radius 1 is 1.09 bits per heavy atom. The molecule has 9 heteroatoms. The topological polar surface area (TPSA) is 80.7 Å². The van der Waals surface area contributed by atoms with Gasteiger partial charge in [-0.05, 0) is 54.8 Å². The number of thiophene rings is 1. The molecule has 2 aliphatic rings. The van der Waals surface area contributed by atoms with E-state index in [1.54, 1.807) is 40.5 Å². The molecule has 8 nitrogen and oxygen atoms in total.